The van der Waals surface area contributed by atoms with Crippen LogP contribution in [-0.2, 0) is 0 Å². The SMILES string of the molecule is CC(C)Oc1ccc(C(=N)N)cc1F. The number of nitrogens with two attached hydrogens (primary N) is 1. The van der Waals surface area contributed by atoms with Crippen molar-refractivity contribution < 1.29 is 9.13 Å². The van der Waals surface area contributed by atoms with E-state index in [9.17, 15) is 4.39 Å². The molecule has 1 aromatic rings. The lowest BCUT2D eigenvalue weighted by Crippen LogP contribution is -2.12. The number of hydrogen-bond donors (Lipinski definition) is 2. The fourth-order valence-electron chi connectivity index (χ4n) is 1.02. The Labute approximate surface area is 82.2 Å². The summed E-state index contributed by atoms with van der Waals surface area (Å²) in [4.78, 5) is 0. The normalized spacial score (nSPS) is 10.3. The number of benzene rings is 1. The standard InChI is InChI=1S/C10H13FN2O/c1-6(2)14-9-4-3-7(10(12)13)5-8(9)11/h3-6H,1-2H3,(H3,12,13). The molecule has 1 rings (SSSR count). The van der Waals surface area contributed by atoms with E-state index in [1.54, 1.807) is 6.07 Å². The minimum Gasteiger partial charge on any atom is -0.488 e. The number of nitrogen functional groups attached to an aromatic ring is 1. The molecule has 0 saturated carbocycles. The molecule has 76 valence electrons. The molecule has 0 unspecified atom stereocenters. The Morgan fingerprint density at radius 1 is 1.50 bits per heavy atom. The van der Waals surface area contributed by atoms with E-state index in [1.165, 1.54) is 12.1 Å². The van der Waals surface area contributed by atoms with Crippen molar-refractivity contribution in [2.24, 2.45) is 5.73 Å². The van der Waals surface area contributed by atoms with Crippen molar-refractivity contribution in [3.63, 3.8) is 0 Å². The highest BCUT2D eigenvalue weighted by molar-refractivity contribution is 5.95. The van der Waals surface area contributed by atoms with Crippen molar-refractivity contribution >= 4 is 5.84 Å². The summed E-state index contributed by atoms with van der Waals surface area (Å²) >= 11 is 0. The van der Waals surface area contributed by atoms with E-state index in [0.29, 0.717) is 5.56 Å². The molecule has 0 aromatic heterocycles. The number of hydrogen-bond acceptors (Lipinski definition) is 2. The van der Waals surface area contributed by atoms with Crippen molar-refractivity contribution in [3.05, 3.63) is 29.6 Å². The first-order chi connectivity index (χ1) is 6.50. The molecular weight excluding hydrogens is 183 g/mol. The van der Waals surface area contributed by atoms with Crippen LogP contribution in [0.25, 0.3) is 0 Å². The van der Waals surface area contributed by atoms with Crippen molar-refractivity contribution in [1.82, 2.24) is 0 Å². The number of rotatable bonds is 3. The first-order valence-corrected chi connectivity index (χ1v) is 4.31. The minimum absolute atomic E-state index is 0.0762. The van der Waals surface area contributed by atoms with Gasteiger partial charge in [-0.2, -0.15) is 0 Å². The maximum absolute atomic E-state index is 13.3. The Kier molecular flexibility index (Phi) is 3.06. The fraction of sp³-hybridized carbons (Fsp3) is 0.300. The van der Waals surface area contributed by atoms with Crippen molar-refractivity contribution in [2.75, 3.05) is 0 Å². The summed E-state index contributed by atoms with van der Waals surface area (Å²) in [5, 5.41) is 7.11. The zero-order valence-electron chi connectivity index (χ0n) is 8.17. The highest BCUT2D eigenvalue weighted by Crippen LogP contribution is 2.19. The molecule has 0 aliphatic carbocycles. The van der Waals surface area contributed by atoms with E-state index in [2.05, 4.69) is 0 Å². The summed E-state index contributed by atoms with van der Waals surface area (Å²) in [6, 6.07) is 4.23. The largest absolute Gasteiger partial charge is 0.488 e. The number of amidine groups is 1. The van der Waals surface area contributed by atoms with Crippen molar-refractivity contribution in [1.29, 1.82) is 5.41 Å². The maximum atomic E-state index is 13.3. The highest BCUT2D eigenvalue weighted by Gasteiger charge is 2.07. The van der Waals surface area contributed by atoms with E-state index in [0.717, 1.165) is 0 Å². The molecule has 14 heavy (non-hydrogen) atoms. The van der Waals surface area contributed by atoms with Crippen molar-refractivity contribution in [2.45, 2.75) is 20.0 Å². The lowest BCUT2D eigenvalue weighted by atomic mass is 10.2. The average Bonchev–Trinajstić information content (AvgIpc) is 2.07. The molecule has 3 nitrogen and oxygen atoms in total. The van der Waals surface area contributed by atoms with Crippen LogP contribution in [0.5, 0.6) is 5.75 Å². The van der Waals surface area contributed by atoms with E-state index in [-0.39, 0.29) is 17.7 Å². The summed E-state index contributed by atoms with van der Waals surface area (Å²) in [6.07, 6.45) is -0.0762. The van der Waals surface area contributed by atoms with E-state index in [1.807, 2.05) is 13.8 Å². The Morgan fingerprint density at radius 2 is 2.14 bits per heavy atom. The summed E-state index contributed by atoms with van der Waals surface area (Å²) < 4.78 is 18.5. The van der Waals surface area contributed by atoms with Crippen LogP contribution in [0.4, 0.5) is 4.39 Å². The van der Waals surface area contributed by atoms with E-state index in [4.69, 9.17) is 15.9 Å². The molecule has 0 amide bonds. The van der Waals surface area contributed by atoms with Crippen LogP contribution in [0.15, 0.2) is 18.2 Å². The average molecular weight is 196 g/mol. The van der Waals surface area contributed by atoms with Crippen molar-refractivity contribution in [3.8, 4) is 5.75 Å². The third-order valence-corrected chi connectivity index (χ3v) is 1.61. The Balaban J connectivity index is 2.95. The lowest BCUT2D eigenvalue weighted by molar-refractivity contribution is 0.231. The second-order valence-electron chi connectivity index (χ2n) is 3.23. The van der Waals surface area contributed by atoms with Crippen LogP contribution in [0.2, 0.25) is 0 Å². The molecular formula is C10H13FN2O. The fourth-order valence-corrected chi connectivity index (χ4v) is 1.02. The first-order valence-electron chi connectivity index (χ1n) is 4.31. The van der Waals surface area contributed by atoms with Gasteiger partial charge in [-0.05, 0) is 32.0 Å². The Hall–Kier alpha value is -1.58. The van der Waals surface area contributed by atoms with Gasteiger partial charge in [0.1, 0.15) is 5.84 Å². The third-order valence-electron chi connectivity index (χ3n) is 1.61. The third kappa shape index (κ3) is 2.45. The van der Waals surface area contributed by atoms with Crippen LogP contribution in [0.3, 0.4) is 0 Å². The van der Waals surface area contributed by atoms with E-state index < -0.39 is 5.82 Å². The number of ether oxygens (including phenoxy) is 1. The van der Waals surface area contributed by atoms with Gasteiger partial charge in [0.2, 0.25) is 0 Å². The zero-order chi connectivity index (χ0) is 10.7. The smallest absolute Gasteiger partial charge is 0.165 e. The summed E-state index contributed by atoms with van der Waals surface area (Å²) in [6.45, 7) is 3.64. The first kappa shape index (κ1) is 10.5. The monoisotopic (exact) mass is 196 g/mol. The van der Waals surface area contributed by atoms with Crippen LogP contribution in [0, 0.1) is 11.2 Å². The predicted molar refractivity (Wildman–Crippen MR) is 53.2 cm³/mol. The van der Waals surface area contributed by atoms with Gasteiger partial charge in [0.05, 0.1) is 6.10 Å². The zero-order valence-corrected chi connectivity index (χ0v) is 8.17. The van der Waals surface area contributed by atoms with Gasteiger partial charge < -0.3 is 10.5 Å². The molecule has 0 aliphatic heterocycles. The topological polar surface area (TPSA) is 59.1 Å². The van der Waals surface area contributed by atoms with Crippen LogP contribution in [0.1, 0.15) is 19.4 Å². The van der Waals surface area contributed by atoms with Gasteiger partial charge in [-0.1, -0.05) is 0 Å². The van der Waals surface area contributed by atoms with Gasteiger partial charge in [-0.3, -0.25) is 5.41 Å². The van der Waals surface area contributed by atoms with Crippen LogP contribution >= 0.6 is 0 Å². The van der Waals surface area contributed by atoms with Gasteiger partial charge in [0.15, 0.2) is 11.6 Å². The van der Waals surface area contributed by atoms with Gasteiger partial charge >= 0.3 is 0 Å². The van der Waals surface area contributed by atoms with Gasteiger partial charge in [-0.25, -0.2) is 4.39 Å². The van der Waals surface area contributed by atoms with E-state index >= 15 is 0 Å². The highest BCUT2D eigenvalue weighted by atomic mass is 19.1. The number of halogens is 1. The Bertz CT molecular complexity index is 350. The minimum atomic E-state index is -0.494. The molecule has 3 N–H and O–H groups in total. The summed E-state index contributed by atoms with van der Waals surface area (Å²) in [7, 11) is 0. The molecule has 0 bridgehead atoms. The number of nitrogens with one attached hydrogen (secondary N) is 1. The van der Waals surface area contributed by atoms with Crippen LogP contribution < -0.4 is 10.5 Å². The molecule has 0 atom stereocenters. The molecule has 0 aliphatic rings. The van der Waals surface area contributed by atoms with Crippen LogP contribution in [-0.4, -0.2) is 11.9 Å². The molecule has 4 heteroatoms. The van der Waals surface area contributed by atoms with Gasteiger partial charge in [0, 0.05) is 5.56 Å². The Morgan fingerprint density at radius 3 is 2.57 bits per heavy atom. The summed E-state index contributed by atoms with van der Waals surface area (Å²) in [5.41, 5.74) is 5.57. The molecule has 0 saturated heterocycles. The predicted octanol–water partition coefficient (Wildman–Crippen LogP) is 1.90. The quantitative estimate of drug-likeness (QED) is 0.573. The second-order valence-corrected chi connectivity index (χ2v) is 3.23. The van der Waals surface area contributed by atoms with Gasteiger partial charge in [0.25, 0.3) is 0 Å². The molecule has 0 radical (unpaired) electrons. The maximum Gasteiger partial charge on any atom is 0.165 e. The summed E-state index contributed by atoms with van der Waals surface area (Å²) in [5.74, 6) is -0.462. The molecule has 1 aromatic carbocycles. The lowest BCUT2D eigenvalue weighted by Gasteiger charge is -2.10. The van der Waals surface area contributed by atoms with Gasteiger partial charge in [-0.15, -0.1) is 0 Å². The molecule has 0 heterocycles. The molecule has 0 spiro atoms. The molecule has 0 fully saturated rings. The second kappa shape index (κ2) is 4.09.